The van der Waals surface area contributed by atoms with Crippen LogP contribution in [0.2, 0.25) is 0 Å². The van der Waals surface area contributed by atoms with Gasteiger partial charge in [0, 0.05) is 29.9 Å². The van der Waals surface area contributed by atoms with Crippen molar-refractivity contribution in [2.24, 2.45) is 5.73 Å². The lowest BCUT2D eigenvalue weighted by atomic mass is 10.0. The molecule has 4 unspecified atom stereocenters. The van der Waals surface area contributed by atoms with Gasteiger partial charge in [-0.25, -0.2) is 4.79 Å². The van der Waals surface area contributed by atoms with Gasteiger partial charge in [0.05, 0.1) is 12.6 Å². The number of nitrogens with one attached hydrogen (secondary N) is 4. The van der Waals surface area contributed by atoms with Gasteiger partial charge >= 0.3 is 11.9 Å². The molecule has 13 heteroatoms. The largest absolute Gasteiger partial charge is 0.481 e. The van der Waals surface area contributed by atoms with Crippen molar-refractivity contribution >= 4 is 40.6 Å². The predicted octanol–water partition coefficient (Wildman–Crippen LogP) is -1.55. The van der Waals surface area contributed by atoms with Crippen LogP contribution >= 0.6 is 0 Å². The molecule has 0 fully saturated rings. The van der Waals surface area contributed by atoms with Crippen LogP contribution in [0.4, 0.5) is 0 Å². The van der Waals surface area contributed by atoms with Crippen molar-refractivity contribution in [2.45, 2.75) is 50.4 Å². The molecular weight excluding hydrogens is 462 g/mol. The lowest BCUT2D eigenvalue weighted by Crippen LogP contribution is -2.58. The molecule has 0 saturated heterocycles. The highest BCUT2D eigenvalue weighted by atomic mass is 16.4. The van der Waals surface area contributed by atoms with Crippen LogP contribution < -0.4 is 21.7 Å². The molecule has 2 rings (SSSR count). The quantitative estimate of drug-likeness (QED) is 0.162. The minimum absolute atomic E-state index is 0.0322. The van der Waals surface area contributed by atoms with Crippen molar-refractivity contribution < 1.29 is 39.3 Å². The summed E-state index contributed by atoms with van der Waals surface area (Å²) in [5.41, 5.74) is 7.12. The Morgan fingerprint density at radius 3 is 2.14 bits per heavy atom. The third-order valence-electron chi connectivity index (χ3n) is 5.22. The number of aromatic nitrogens is 1. The fourth-order valence-corrected chi connectivity index (χ4v) is 3.30. The van der Waals surface area contributed by atoms with Crippen molar-refractivity contribution in [1.29, 1.82) is 0 Å². The SMILES string of the molecule is CC(N)C(=O)NC(Cc1c[nH]c2ccccc12)C(=O)NC(CO)C(=O)NC(CCC(=O)O)C(=O)O. The molecule has 4 atom stereocenters. The Labute approximate surface area is 200 Å². The summed E-state index contributed by atoms with van der Waals surface area (Å²) in [4.78, 5) is 62.9. The van der Waals surface area contributed by atoms with Gasteiger partial charge in [-0.1, -0.05) is 18.2 Å². The summed E-state index contributed by atoms with van der Waals surface area (Å²) in [6.07, 6.45) is 0.809. The monoisotopic (exact) mass is 491 g/mol. The normalized spacial score (nSPS) is 14.4. The molecule has 1 heterocycles. The lowest BCUT2D eigenvalue weighted by Gasteiger charge is -2.24. The number of nitrogens with two attached hydrogens (primary N) is 1. The maximum atomic E-state index is 13.0. The average Bonchev–Trinajstić information content (AvgIpc) is 3.21. The summed E-state index contributed by atoms with van der Waals surface area (Å²) < 4.78 is 0. The zero-order valence-corrected chi connectivity index (χ0v) is 19.0. The van der Waals surface area contributed by atoms with Crippen LogP contribution in [0, 0.1) is 0 Å². The molecule has 3 amide bonds. The predicted molar refractivity (Wildman–Crippen MR) is 123 cm³/mol. The van der Waals surface area contributed by atoms with E-state index in [1.807, 2.05) is 24.3 Å². The standard InChI is InChI=1S/C22H29N5O8/c1-11(23)19(31)26-16(8-12-9-24-14-5-3-2-4-13(12)14)20(32)27-17(10-28)21(33)25-15(22(34)35)6-7-18(29)30/h2-5,9,11,15-17,24,28H,6-8,10,23H2,1H3,(H,25,33)(H,26,31)(H,27,32)(H,29,30)(H,34,35). The Morgan fingerprint density at radius 1 is 0.943 bits per heavy atom. The number of hydrogen-bond acceptors (Lipinski definition) is 7. The van der Waals surface area contributed by atoms with Gasteiger partial charge in [0.25, 0.3) is 0 Å². The zero-order chi connectivity index (χ0) is 26.1. The number of aliphatic hydroxyl groups excluding tert-OH is 1. The molecule has 0 aliphatic carbocycles. The molecule has 9 N–H and O–H groups in total. The van der Waals surface area contributed by atoms with Crippen LogP contribution in [0.5, 0.6) is 0 Å². The number of carbonyl (C=O) groups excluding carboxylic acids is 3. The molecule has 190 valence electrons. The van der Waals surface area contributed by atoms with E-state index < -0.39 is 73.3 Å². The Kier molecular flexibility index (Phi) is 9.73. The van der Waals surface area contributed by atoms with Gasteiger partial charge in [-0.3, -0.25) is 19.2 Å². The minimum Gasteiger partial charge on any atom is -0.481 e. The highest BCUT2D eigenvalue weighted by Gasteiger charge is 2.30. The van der Waals surface area contributed by atoms with Crippen LogP contribution in [0.25, 0.3) is 10.9 Å². The topological polar surface area (TPSA) is 224 Å². The fourth-order valence-electron chi connectivity index (χ4n) is 3.30. The van der Waals surface area contributed by atoms with Crippen molar-refractivity contribution in [3.05, 3.63) is 36.0 Å². The third kappa shape index (κ3) is 7.79. The second kappa shape index (κ2) is 12.5. The molecule has 35 heavy (non-hydrogen) atoms. The van der Waals surface area contributed by atoms with Crippen molar-refractivity contribution in [2.75, 3.05) is 6.61 Å². The number of hydrogen-bond donors (Lipinski definition) is 8. The summed E-state index contributed by atoms with van der Waals surface area (Å²) in [6, 6.07) is 2.13. The van der Waals surface area contributed by atoms with E-state index in [-0.39, 0.29) is 6.42 Å². The maximum Gasteiger partial charge on any atom is 0.326 e. The second-order valence-corrected chi connectivity index (χ2v) is 7.99. The number of carbonyl (C=O) groups is 5. The number of carboxylic acid groups (broad SMARTS) is 2. The summed E-state index contributed by atoms with van der Waals surface area (Å²) in [6.45, 7) is 0.563. The van der Waals surface area contributed by atoms with E-state index in [1.54, 1.807) is 6.20 Å². The molecule has 0 aliphatic heterocycles. The molecule has 0 spiro atoms. The van der Waals surface area contributed by atoms with Crippen molar-refractivity contribution in [3.8, 4) is 0 Å². The van der Waals surface area contributed by atoms with Gasteiger partial charge in [0.2, 0.25) is 17.7 Å². The van der Waals surface area contributed by atoms with Crippen molar-refractivity contribution in [3.63, 3.8) is 0 Å². The zero-order valence-electron chi connectivity index (χ0n) is 19.0. The van der Waals surface area contributed by atoms with E-state index in [1.165, 1.54) is 6.92 Å². The summed E-state index contributed by atoms with van der Waals surface area (Å²) in [7, 11) is 0. The molecule has 0 bridgehead atoms. The van der Waals surface area contributed by atoms with Gasteiger partial charge in [-0.05, 0) is 25.0 Å². The molecule has 0 radical (unpaired) electrons. The highest BCUT2D eigenvalue weighted by molar-refractivity contribution is 5.95. The molecule has 0 saturated carbocycles. The maximum absolute atomic E-state index is 13.0. The molecule has 1 aromatic heterocycles. The smallest absolute Gasteiger partial charge is 0.326 e. The molecule has 13 nitrogen and oxygen atoms in total. The number of aliphatic carboxylic acids is 2. The number of aromatic amines is 1. The van der Waals surface area contributed by atoms with Crippen LogP contribution in [-0.4, -0.2) is 80.7 Å². The lowest BCUT2D eigenvalue weighted by molar-refractivity contribution is -0.143. The number of para-hydroxylation sites is 1. The van der Waals surface area contributed by atoms with Crippen molar-refractivity contribution in [1.82, 2.24) is 20.9 Å². The first-order chi connectivity index (χ1) is 16.5. The van der Waals surface area contributed by atoms with Crippen LogP contribution in [0.1, 0.15) is 25.3 Å². The second-order valence-electron chi connectivity index (χ2n) is 7.99. The first kappa shape index (κ1) is 27.3. The average molecular weight is 492 g/mol. The number of carboxylic acids is 2. The van der Waals surface area contributed by atoms with E-state index >= 15 is 0 Å². The van der Waals surface area contributed by atoms with Gasteiger partial charge in [-0.2, -0.15) is 0 Å². The number of fused-ring (bicyclic) bond motifs is 1. The summed E-state index contributed by atoms with van der Waals surface area (Å²) >= 11 is 0. The Hall–Kier alpha value is -3.97. The van der Waals surface area contributed by atoms with Crippen LogP contribution in [-0.2, 0) is 30.4 Å². The highest BCUT2D eigenvalue weighted by Crippen LogP contribution is 2.19. The van der Waals surface area contributed by atoms with Gasteiger partial charge in [-0.15, -0.1) is 0 Å². The van der Waals surface area contributed by atoms with E-state index in [0.717, 1.165) is 10.9 Å². The molecular formula is C22H29N5O8. The first-order valence-corrected chi connectivity index (χ1v) is 10.8. The summed E-state index contributed by atoms with van der Waals surface area (Å²) in [5, 5.41) is 35.4. The van der Waals surface area contributed by atoms with Crippen LogP contribution in [0.15, 0.2) is 30.5 Å². The van der Waals surface area contributed by atoms with E-state index in [9.17, 15) is 34.2 Å². The first-order valence-electron chi connectivity index (χ1n) is 10.8. The van der Waals surface area contributed by atoms with E-state index in [0.29, 0.717) is 5.56 Å². The molecule has 1 aromatic carbocycles. The Balaban J connectivity index is 2.17. The summed E-state index contributed by atoms with van der Waals surface area (Å²) in [5.74, 6) is -5.17. The number of H-pyrrole nitrogens is 1. The molecule has 2 aromatic rings. The van der Waals surface area contributed by atoms with Gasteiger partial charge in [0.15, 0.2) is 0 Å². The van der Waals surface area contributed by atoms with Crippen LogP contribution in [0.3, 0.4) is 0 Å². The Morgan fingerprint density at radius 2 is 1.54 bits per heavy atom. The number of amides is 3. The number of aliphatic hydroxyl groups is 1. The van der Waals surface area contributed by atoms with Gasteiger partial charge < -0.3 is 42.0 Å². The van der Waals surface area contributed by atoms with E-state index in [2.05, 4.69) is 20.9 Å². The van der Waals surface area contributed by atoms with Gasteiger partial charge in [0.1, 0.15) is 18.1 Å². The fraction of sp³-hybridized carbons (Fsp3) is 0.409. The third-order valence-corrected chi connectivity index (χ3v) is 5.22. The minimum atomic E-state index is -1.55. The number of rotatable bonds is 13. The van der Waals surface area contributed by atoms with E-state index in [4.69, 9.17) is 10.8 Å². The Bertz CT molecular complexity index is 1080. The number of benzene rings is 1. The molecule has 0 aliphatic rings.